The lowest BCUT2D eigenvalue weighted by Crippen LogP contribution is -2.32. The predicted octanol–water partition coefficient (Wildman–Crippen LogP) is 2.17. The number of aromatic nitrogens is 4. The summed E-state index contributed by atoms with van der Waals surface area (Å²) in [4.78, 5) is 51.6. The standard InChI is InChI=1S/C28H28ClFN8O4/c1-35-4-3-14-9-37(11-21(14)35)22-7-20(18(29)8-32-22)34-23(39)12-38-10-17(24-27(38)33-13-36(2)28(24)42)15-5-16(26(31)41)25(40)19(30)6-15/h5-8,10,13-14,21,40H,3-4,9,11-12H2,1-2H3,(H2,31,41)(H,32,34,39). The van der Waals surface area contributed by atoms with Gasteiger partial charge in [-0.15, -0.1) is 0 Å². The molecule has 0 saturated carbocycles. The Hall–Kier alpha value is -4.49. The van der Waals surface area contributed by atoms with E-state index in [-0.39, 0.29) is 33.7 Å². The van der Waals surface area contributed by atoms with Crippen molar-refractivity contribution in [1.29, 1.82) is 0 Å². The summed E-state index contributed by atoms with van der Waals surface area (Å²) in [6.07, 6.45) is 5.42. The van der Waals surface area contributed by atoms with Crippen LogP contribution in [-0.2, 0) is 18.4 Å². The van der Waals surface area contributed by atoms with Gasteiger partial charge in [-0.05, 0) is 43.6 Å². The second kappa shape index (κ2) is 10.4. The number of likely N-dealkylation sites (tertiary alicyclic amines) is 1. The molecule has 12 nitrogen and oxygen atoms in total. The molecule has 2 aliphatic rings. The second-order valence-corrected chi connectivity index (χ2v) is 11.2. The first-order valence-electron chi connectivity index (χ1n) is 13.3. The monoisotopic (exact) mass is 594 g/mol. The van der Waals surface area contributed by atoms with Crippen LogP contribution in [0.1, 0.15) is 16.8 Å². The molecule has 14 heteroatoms. The Morgan fingerprint density at radius 1 is 1.21 bits per heavy atom. The number of hydrogen-bond donors (Lipinski definition) is 3. The van der Waals surface area contributed by atoms with Gasteiger partial charge in [-0.3, -0.25) is 14.4 Å². The van der Waals surface area contributed by atoms with Gasteiger partial charge in [0.2, 0.25) is 5.91 Å². The summed E-state index contributed by atoms with van der Waals surface area (Å²) in [5, 5.41) is 13.1. The number of primary amides is 1. The number of aromatic hydroxyl groups is 1. The summed E-state index contributed by atoms with van der Waals surface area (Å²) in [6.45, 7) is 2.55. The lowest BCUT2D eigenvalue weighted by atomic mass is 10.0. The Labute approximate surface area is 244 Å². The van der Waals surface area contributed by atoms with Crippen LogP contribution in [0.15, 0.2) is 41.7 Å². The largest absolute Gasteiger partial charge is 0.504 e. The first-order valence-corrected chi connectivity index (χ1v) is 13.7. The van der Waals surface area contributed by atoms with E-state index in [0.717, 1.165) is 37.9 Å². The zero-order valence-electron chi connectivity index (χ0n) is 22.8. The summed E-state index contributed by atoms with van der Waals surface area (Å²) >= 11 is 6.39. The molecular weight excluding hydrogens is 567 g/mol. The summed E-state index contributed by atoms with van der Waals surface area (Å²) in [5.74, 6) is -2.18. The first kappa shape index (κ1) is 27.7. The normalized spacial score (nSPS) is 18.5. The maximum atomic E-state index is 14.5. The van der Waals surface area contributed by atoms with E-state index in [1.165, 1.54) is 41.0 Å². The van der Waals surface area contributed by atoms with Crippen LogP contribution in [-0.4, -0.2) is 73.6 Å². The molecule has 4 N–H and O–H groups in total. The van der Waals surface area contributed by atoms with Crippen LogP contribution < -0.4 is 21.5 Å². The van der Waals surface area contributed by atoms with E-state index in [1.807, 2.05) is 0 Å². The van der Waals surface area contributed by atoms with Crippen molar-refractivity contribution in [2.24, 2.45) is 18.7 Å². The van der Waals surface area contributed by atoms with Crippen molar-refractivity contribution in [3.63, 3.8) is 0 Å². The van der Waals surface area contributed by atoms with Crippen LogP contribution in [0.3, 0.4) is 0 Å². The number of halogens is 2. The first-order chi connectivity index (χ1) is 20.0. The summed E-state index contributed by atoms with van der Waals surface area (Å²) in [6, 6.07) is 4.39. The highest BCUT2D eigenvalue weighted by atomic mass is 35.5. The number of likely N-dealkylation sites (N-methyl/N-ethyl adjacent to an activating group) is 1. The smallest absolute Gasteiger partial charge is 0.263 e. The fourth-order valence-electron chi connectivity index (χ4n) is 5.95. The summed E-state index contributed by atoms with van der Waals surface area (Å²) in [5.41, 5.74) is 5.30. The van der Waals surface area contributed by atoms with Crippen molar-refractivity contribution >= 4 is 46.0 Å². The van der Waals surface area contributed by atoms with Crippen LogP contribution in [0.5, 0.6) is 5.75 Å². The molecule has 42 heavy (non-hydrogen) atoms. The molecule has 2 aliphatic heterocycles. The number of nitrogens with zero attached hydrogens (tertiary/aromatic N) is 6. The molecule has 2 fully saturated rings. The number of nitrogens with one attached hydrogen (secondary N) is 1. The zero-order valence-corrected chi connectivity index (χ0v) is 23.6. The van der Waals surface area contributed by atoms with Gasteiger partial charge in [0, 0.05) is 44.0 Å². The number of fused-ring (bicyclic) bond motifs is 2. The number of pyridine rings is 1. The number of benzene rings is 1. The molecule has 1 aromatic carbocycles. The fraction of sp³-hybridized carbons (Fsp3) is 0.321. The lowest BCUT2D eigenvalue weighted by Gasteiger charge is -2.22. The molecule has 218 valence electrons. The summed E-state index contributed by atoms with van der Waals surface area (Å²) in [7, 11) is 3.63. The number of carbonyl (C=O) groups excluding carboxylic acids is 2. The molecular formula is C28H28ClFN8O4. The zero-order chi connectivity index (χ0) is 29.9. The van der Waals surface area contributed by atoms with Crippen molar-refractivity contribution < 1.29 is 19.1 Å². The van der Waals surface area contributed by atoms with E-state index in [2.05, 4.69) is 32.1 Å². The van der Waals surface area contributed by atoms with Gasteiger partial charge >= 0.3 is 0 Å². The van der Waals surface area contributed by atoms with Gasteiger partial charge in [-0.25, -0.2) is 14.4 Å². The van der Waals surface area contributed by atoms with Crippen LogP contribution in [0.4, 0.5) is 15.9 Å². The minimum atomic E-state index is -1.09. The van der Waals surface area contributed by atoms with Crippen molar-refractivity contribution in [3.05, 3.63) is 63.7 Å². The van der Waals surface area contributed by atoms with Crippen LogP contribution in [0, 0.1) is 11.7 Å². The molecule has 2 unspecified atom stereocenters. The predicted molar refractivity (Wildman–Crippen MR) is 155 cm³/mol. The quantitative estimate of drug-likeness (QED) is 0.307. The molecule has 4 aromatic rings. The minimum Gasteiger partial charge on any atom is -0.504 e. The van der Waals surface area contributed by atoms with E-state index in [1.54, 1.807) is 6.07 Å². The van der Waals surface area contributed by atoms with E-state index in [9.17, 15) is 23.9 Å². The third kappa shape index (κ3) is 4.73. The number of anilines is 2. The molecule has 2 atom stereocenters. The molecule has 5 heterocycles. The Balaban J connectivity index is 1.31. The molecule has 3 aromatic heterocycles. The molecule has 0 radical (unpaired) electrons. The van der Waals surface area contributed by atoms with E-state index >= 15 is 0 Å². The number of aryl methyl sites for hydroxylation is 1. The van der Waals surface area contributed by atoms with Gasteiger partial charge in [-0.2, -0.15) is 0 Å². The molecule has 0 spiro atoms. The maximum absolute atomic E-state index is 14.5. The van der Waals surface area contributed by atoms with Gasteiger partial charge < -0.3 is 35.1 Å². The van der Waals surface area contributed by atoms with Crippen LogP contribution in [0.25, 0.3) is 22.2 Å². The average molecular weight is 595 g/mol. The number of phenols is 1. The Morgan fingerprint density at radius 3 is 2.74 bits per heavy atom. The Kier molecular flexibility index (Phi) is 6.86. The maximum Gasteiger partial charge on any atom is 0.263 e. The van der Waals surface area contributed by atoms with Gasteiger partial charge in [0.1, 0.15) is 18.0 Å². The third-order valence-corrected chi connectivity index (χ3v) is 8.46. The third-order valence-electron chi connectivity index (χ3n) is 8.16. The average Bonchev–Trinajstić information content (AvgIpc) is 3.63. The van der Waals surface area contributed by atoms with Gasteiger partial charge in [-0.1, -0.05) is 11.6 Å². The van der Waals surface area contributed by atoms with Crippen molar-refractivity contribution in [2.45, 2.75) is 19.0 Å². The van der Waals surface area contributed by atoms with Gasteiger partial charge in [0.05, 0.1) is 34.2 Å². The van der Waals surface area contributed by atoms with Gasteiger partial charge in [0.25, 0.3) is 11.5 Å². The topological polar surface area (TPSA) is 152 Å². The summed E-state index contributed by atoms with van der Waals surface area (Å²) < 4.78 is 17.2. The van der Waals surface area contributed by atoms with E-state index in [4.69, 9.17) is 17.3 Å². The number of amides is 2. The highest BCUT2D eigenvalue weighted by Crippen LogP contribution is 2.35. The lowest BCUT2D eigenvalue weighted by molar-refractivity contribution is -0.116. The van der Waals surface area contributed by atoms with Crippen LogP contribution in [0.2, 0.25) is 5.02 Å². The molecule has 2 saturated heterocycles. The van der Waals surface area contributed by atoms with E-state index in [0.29, 0.717) is 17.6 Å². The second-order valence-electron chi connectivity index (χ2n) is 10.8. The van der Waals surface area contributed by atoms with Crippen LogP contribution >= 0.6 is 11.6 Å². The molecule has 2 amide bonds. The highest BCUT2D eigenvalue weighted by molar-refractivity contribution is 6.33. The molecule has 0 aliphatic carbocycles. The van der Waals surface area contributed by atoms with Crippen molar-refractivity contribution in [1.82, 2.24) is 24.0 Å². The Bertz CT molecular complexity index is 1820. The number of carbonyl (C=O) groups is 2. The minimum absolute atomic E-state index is 0.0992. The number of hydrogen-bond acceptors (Lipinski definition) is 8. The van der Waals surface area contributed by atoms with Gasteiger partial charge in [0.15, 0.2) is 11.6 Å². The van der Waals surface area contributed by atoms with Crippen molar-refractivity contribution in [2.75, 3.05) is 36.9 Å². The Morgan fingerprint density at radius 2 is 2.00 bits per heavy atom. The number of rotatable bonds is 6. The van der Waals surface area contributed by atoms with E-state index < -0.39 is 34.5 Å². The fourth-order valence-corrected chi connectivity index (χ4v) is 6.10. The molecule has 6 rings (SSSR count). The molecule has 0 bridgehead atoms. The SMILES string of the molecule is CN1CCC2CN(c3cc(NC(=O)Cn4cc(-c5cc(F)c(O)c(C(N)=O)c5)c5c(=O)n(C)cnc54)c(Cl)cn3)CC21. The highest BCUT2D eigenvalue weighted by Gasteiger charge is 2.40. The number of nitrogens with two attached hydrogens (primary N) is 1. The van der Waals surface area contributed by atoms with Crippen molar-refractivity contribution in [3.8, 4) is 16.9 Å².